The molecule has 0 aromatic carbocycles. The van der Waals surface area contributed by atoms with E-state index in [4.69, 9.17) is 0 Å². The number of aryl methyl sites for hydroxylation is 1. The molecule has 1 amide bonds. The Bertz CT molecular complexity index is 730. The zero-order valence-corrected chi connectivity index (χ0v) is 13.7. The van der Waals surface area contributed by atoms with Crippen molar-refractivity contribution in [1.82, 2.24) is 19.9 Å². The molecule has 0 aliphatic heterocycles. The topological polar surface area (TPSA) is 59.3 Å². The lowest BCUT2D eigenvalue weighted by molar-refractivity contribution is 0.0929. The summed E-state index contributed by atoms with van der Waals surface area (Å²) in [4.78, 5) is 17.1. The second-order valence-corrected chi connectivity index (χ2v) is 7.18. The summed E-state index contributed by atoms with van der Waals surface area (Å²) in [5.74, 6) is 0.676. The number of fused-ring (bicyclic) bond motifs is 3. The van der Waals surface area contributed by atoms with E-state index in [1.807, 2.05) is 10.7 Å². The summed E-state index contributed by atoms with van der Waals surface area (Å²) in [5, 5.41) is 7.63. The van der Waals surface area contributed by atoms with Gasteiger partial charge in [0.1, 0.15) is 5.56 Å². The van der Waals surface area contributed by atoms with E-state index >= 15 is 0 Å². The quantitative estimate of drug-likeness (QED) is 0.927. The molecule has 2 aliphatic rings. The van der Waals surface area contributed by atoms with Gasteiger partial charge in [-0.25, -0.2) is 9.50 Å². The van der Waals surface area contributed by atoms with Crippen molar-refractivity contribution < 1.29 is 4.79 Å². The molecule has 2 aromatic heterocycles. The van der Waals surface area contributed by atoms with Crippen molar-refractivity contribution in [2.75, 3.05) is 0 Å². The van der Waals surface area contributed by atoms with Gasteiger partial charge in [-0.1, -0.05) is 26.2 Å². The van der Waals surface area contributed by atoms with Crippen molar-refractivity contribution in [3.63, 3.8) is 0 Å². The third-order valence-corrected chi connectivity index (χ3v) is 5.34. The zero-order valence-electron chi connectivity index (χ0n) is 13.7. The van der Waals surface area contributed by atoms with Crippen LogP contribution in [-0.2, 0) is 12.8 Å². The number of carbonyl (C=O) groups is 1. The number of nitrogens with one attached hydrogen (secondary N) is 1. The van der Waals surface area contributed by atoms with Crippen LogP contribution in [0, 0.1) is 5.92 Å². The van der Waals surface area contributed by atoms with Gasteiger partial charge in [0.15, 0.2) is 5.65 Å². The fourth-order valence-corrected chi connectivity index (χ4v) is 3.98. The summed E-state index contributed by atoms with van der Waals surface area (Å²) in [6.07, 6.45) is 12.8. The van der Waals surface area contributed by atoms with Crippen LogP contribution in [0.1, 0.15) is 67.1 Å². The molecule has 0 bridgehead atoms. The second-order valence-electron chi connectivity index (χ2n) is 7.18. The molecule has 0 radical (unpaired) electrons. The Labute approximate surface area is 136 Å². The van der Waals surface area contributed by atoms with Crippen LogP contribution in [0.5, 0.6) is 0 Å². The van der Waals surface area contributed by atoms with Crippen molar-refractivity contribution in [1.29, 1.82) is 0 Å². The first kappa shape index (κ1) is 14.7. The lowest BCUT2D eigenvalue weighted by Crippen LogP contribution is -2.36. The summed E-state index contributed by atoms with van der Waals surface area (Å²) >= 11 is 0. The molecule has 1 fully saturated rings. The van der Waals surface area contributed by atoms with Crippen LogP contribution in [0.2, 0.25) is 0 Å². The number of rotatable bonds is 2. The van der Waals surface area contributed by atoms with E-state index in [9.17, 15) is 4.79 Å². The summed E-state index contributed by atoms with van der Waals surface area (Å²) in [6.45, 7) is 2.28. The zero-order chi connectivity index (χ0) is 15.8. The highest BCUT2D eigenvalue weighted by Crippen LogP contribution is 2.26. The predicted octanol–water partition coefficient (Wildman–Crippen LogP) is 2.92. The van der Waals surface area contributed by atoms with E-state index in [0.29, 0.717) is 23.2 Å². The minimum Gasteiger partial charge on any atom is -0.349 e. The predicted molar refractivity (Wildman–Crippen MR) is 88.5 cm³/mol. The van der Waals surface area contributed by atoms with E-state index in [1.165, 1.54) is 36.9 Å². The van der Waals surface area contributed by atoms with Gasteiger partial charge in [-0.3, -0.25) is 4.79 Å². The molecular weight excluding hydrogens is 288 g/mol. The van der Waals surface area contributed by atoms with Crippen LogP contribution in [0.4, 0.5) is 0 Å². The standard InChI is InChI=1S/C18H24N4O/c1-12-7-8-16-13(9-12)10-19-17-15(11-20-22(16)17)18(23)21-14-5-3-2-4-6-14/h10-12,14H,2-9H2,1H3,(H,21,23)/t12-/m1/s1. The summed E-state index contributed by atoms with van der Waals surface area (Å²) < 4.78 is 1.89. The average molecular weight is 312 g/mol. The largest absolute Gasteiger partial charge is 0.349 e. The maximum absolute atomic E-state index is 12.6. The van der Waals surface area contributed by atoms with E-state index in [2.05, 4.69) is 22.3 Å². The monoisotopic (exact) mass is 312 g/mol. The molecule has 1 saturated carbocycles. The van der Waals surface area contributed by atoms with Crippen LogP contribution in [0.25, 0.3) is 5.65 Å². The third-order valence-electron chi connectivity index (χ3n) is 5.34. The Morgan fingerprint density at radius 2 is 2.04 bits per heavy atom. The molecule has 5 heteroatoms. The molecule has 23 heavy (non-hydrogen) atoms. The molecule has 2 heterocycles. The van der Waals surface area contributed by atoms with Crippen molar-refractivity contribution in [2.24, 2.45) is 5.92 Å². The van der Waals surface area contributed by atoms with Crippen molar-refractivity contribution in [3.05, 3.63) is 29.2 Å². The lowest BCUT2D eigenvalue weighted by atomic mass is 9.89. The molecule has 122 valence electrons. The molecular formula is C18H24N4O. The fraction of sp³-hybridized carbons (Fsp3) is 0.611. The van der Waals surface area contributed by atoms with Gasteiger partial charge in [-0.15, -0.1) is 0 Å². The molecule has 0 unspecified atom stereocenters. The van der Waals surface area contributed by atoms with Crippen LogP contribution >= 0.6 is 0 Å². The first-order chi connectivity index (χ1) is 11.2. The number of hydrogen-bond donors (Lipinski definition) is 1. The molecule has 5 nitrogen and oxygen atoms in total. The van der Waals surface area contributed by atoms with Gasteiger partial charge >= 0.3 is 0 Å². The summed E-state index contributed by atoms with van der Waals surface area (Å²) in [7, 11) is 0. The Kier molecular flexibility index (Phi) is 3.79. The maximum Gasteiger partial charge on any atom is 0.256 e. The minimum absolute atomic E-state index is 0.0245. The van der Waals surface area contributed by atoms with Crippen LogP contribution < -0.4 is 5.32 Å². The number of hydrogen-bond acceptors (Lipinski definition) is 3. The second kappa shape index (κ2) is 5.95. The van der Waals surface area contributed by atoms with Gasteiger partial charge in [-0.05, 0) is 43.6 Å². The van der Waals surface area contributed by atoms with E-state index < -0.39 is 0 Å². The average Bonchev–Trinajstić information content (AvgIpc) is 3.00. The molecule has 1 atom stereocenters. The first-order valence-electron chi connectivity index (χ1n) is 8.87. The Morgan fingerprint density at radius 1 is 1.22 bits per heavy atom. The Morgan fingerprint density at radius 3 is 2.87 bits per heavy atom. The SMILES string of the molecule is C[C@@H]1CCc2c(cnc3c(C(=O)NC4CCCCC4)cnn23)C1. The first-order valence-corrected chi connectivity index (χ1v) is 8.87. The summed E-state index contributed by atoms with van der Waals surface area (Å²) in [6, 6.07) is 0.310. The molecule has 0 spiro atoms. The highest BCUT2D eigenvalue weighted by atomic mass is 16.1. The number of carbonyl (C=O) groups excluding carboxylic acids is 1. The molecule has 1 N–H and O–H groups in total. The van der Waals surface area contributed by atoms with Gasteiger partial charge in [-0.2, -0.15) is 5.10 Å². The van der Waals surface area contributed by atoms with Crippen LogP contribution in [0.15, 0.2) is 12.4 Å². The number of amides is 1. The lowest BCUT2D eigenvalue weighted by Gasteiger charge is -2.23. The van der Waals surface area contributed by atoms with Crippen molar-refractivity contribution in [2.45, 2.75) is 64.3 Å². The highest BCUT2D eigenvalue weighted by molar-refractivity contribution is 5.99. The third kappa shape index (κ3) is 2.73. The summed E-state index contributed by atoms with van der Waals surface area (Å²) in [5.41, 5.74) is 3.81. The molecule has 2 aromatic rings. The normalized spacial score (nSPS) is 22.0. The van der Waals surface area contributed by atoms with Crippen LogP contribution in [-0.4, -0.2) is 26.5 Å². The minimum atomic E-state index is -0.0245. The van der Waals surface area contributed by atoms with Gasteiger partial charge < -0.3 is 5.32 Å². The van der Waals surface area contributed by atoms with E-state index in [1.54, 1.807) is 6.20 Å². The number of aromatic nitrogens is 3. The van der Waals surface area contributed by atoms with E-state index in [-0.39, 0.29) is 5.91 Å². The van der Waals surface area contributed by atoms with Gasteiger partial charge in [0, 0.05) is 17.9 Å². The molecule has 0 saturated heterocycles. The van der Waals surface area contributed by atoms with Crippen molar-refractivity contribution in [3.8, 4) is 0 Å². The maximum atomic E-state index is 12.6. The fourth-order valence-electron chi connectivity index (χ4n) is 3.98. The molecule has 4 rings (SSSR count). The number of nitrogens with zero attached hydrogens (tertiary/aromatic N) is 3. The van der Waals surface area contributed by atoms with Crippen molar-refractivity contribution >= 4 is 11.6 Å². The van der Waals surface area contributed by atoms with Gasteiger partial charge in [0.05, 0.1) is 6.20 Å². The Balaban J connectivity index is 1.62. The van der Waals surface area contributed by atoms with Crippen LogP contribution in [0.3, 0.4) is 0 Å². The van der Waals surface area contributed by atoms with E-state index in [0.717, 1.165) is 25.7 Å². The highest BCUT2D eigenvalue weighted by Gasteiger charge is 2.23. The Hall–Kier alpha value is -1.91. The smallest absolute Gasteiger partial charge is 0.256 e. The molecule has 2 aliphatic carbocycles. The van der Waals surface area contributed by atoms with Gasteiger partial charge in [0.25, 0.3) is 5.91 Å². The van der Waals surface area contributed by atoms with Gasteiger partial charge in [0.2, 0.25) is 0 Å².